The van der Waals surface area contributed by atoms with Crippen molar-refractivity contribution >= 4 is 39.4 Å². The van der Waals surface area contributed by atoms with Gasteiger partial charge in [0.15, 0.2) is 6.61 Å². The summed E-state index contributed by atoms with van der Waals surface area (Å²) < 4.78 is 46.8. The van der Waals surface area contributed by atoms with E-state index < -0.39 is 22.5 Å². The lowest BCUT2D eigenvalue weighted by atomic mass is 10.2. The van der Waals surface area contributed by atoms with Crippen LogP contribution in [0, 0.1) is 0 Å². The molecule has 0 unspecified atom stereocenters. The van der Waals surface area contributed by atoms with E-state index in [2.05, 4.69) is 15.8 Å². The summed E-state index contributed by atoms with van der Waals surface area (Å²) in [4.78, 5) is 24.6. The van der Waals surface area contributed by atoms with Gasteiger partial charge in [-0.3, -0.25) is 13.9 Å². The van der Waals surface area contributed by atoms with Gasteiger partial charge in [-0.2, -0.15) is 5.10 Å². The number of sulfonamides is 1. The van der Waals surface area contributed by atoms with Crippen LogP contribution in [0.25, 0.3) is 0 Å². The van der Waals surface area contributed by atoms with E-state index in [-0.39, 0.29) is 24.0 Å². The number of hydrogen-bond acceptors (Lipinski definition) is 9. The van der Waals surface area contributed by atoms with Gasteiger partial charge in [0.25, 0.3) is 11.8 Å². The molecule has 3 aromatic rings. The van der Waals surface area contributed by atoms with Crippen LogP contribution in [0.3, 0.4) is 0 Å². The standard InChI is InChI=1S/C27H30N4O8S/c1-36-21-11-7-20(8-12-21)29-27(33)18-39-22-9-5-19(6-10-22)16-28-30-26(32)17-31(40(4,34)35)24-15-23(37-2)13-14-25(24)38-3/h5-16H,17-18H2,1-4H3,(H,29,33)(H,30,32)/b28-16-. The minimum absolute atomic E-state index is 0.150. The largest absolute Gasteiger partial charge is 0.497 e. The lowest BCUT2D eigenvalue weighted by Crippen LogP contribution is -2.39. The van der Waals surface area contributed by atoms with Gasteiger partial charge in [0, 0.05) is 11.8 Å². The molecule has 3 aromatic carbocycles. The first kappa shape index (κ1) is 29.8. The molecule has 40 heavy (non-hydrogen) atoms. The van der Waals surface area contributed by atoms with Crippen molar-refractivity contribution in [2.24, 2.45) is 5.10 Å². The van der Waals surface area contributed by atoms with Crippen LogP contribution in [-0.4, -0.2) is 67.2 Å². The summed E-state index contributed by atoms with van der Waals surface area (Å²) in [5.41, 5.74) is 3.71. The number of rotatable bonds is 13. The van der Waals surface area contributed by atoms with Crippen LogP contribution < -0.4 is 34.0 Å². The number of nitrogens with zero attached hydrogens (tertiary/aromatic N) is 2. The molecule has 12 nitrogen and oxygen atoms in total. The maximum atomic E-state index is 12.5. The summed E-state index contributed by atoms with van der Waals surface area (Å²) in [6, 6.07) is 18.2. The molecule has 0 fully saturated rings. The summed E-state index contributed by atoms with van der Waals surface area (Å²) in [6.07, 6.45) is 2.36. The Hall–Kier alpha value is -4.78. The topological polar surface area (TPSA) is 145 Å². The second kappa shape index (κ2) is 13.8. The number of hydrazone groups is 1. The quantitative estimate of drug-likeness (QED) is 0.236. The predicted octanol–water partition coefficient (Wildman–Crippen LogP) is 2.65. The van der Waals surface area contributed by atoms with Crippen molar-refractivity contribution in [3.63, 3.8) is 0 Å². The minimum Gasteiger partial charge on any atom is -0.497 e. The van der Waals surface area contributed by atoms with Crippen molar-refractivity contribution in [2.45, 2.75) is 0 Å². The Morgan fingerprint density at radius 1 is 0.850 bits per heavy atom. The monoisotopic (exact) mass is 570 g/mol. The number of anilines is 2. The second-order valence-electron chi connectivity index (χ2n) is 8.23. The first-order valence-electron chi connectivity index (χ1n) is 11.8. The highest BCUT2D eigenvalue weighted by Gasteiger charge is 2.24. The molecule has 0 aliphatic rings. The molecule has 2 amide bonds. The minimum atomic E-state index is -3.85. The smallest absolute Gasteiger partial charge is 0.262 e. The van der Waals surface area contributed by atoms with Crippen LogP contribution in [0.5, 0.6) is 23.0 Å². The van der Waals surface area contributed by atoms with Gasteiger partial charge in [-0.05, 0) is 66.2 Å². The molecular formula is C27H30N4O8S. The fraction of sp³-hybridized carbons (Fsp3) is 0.222. The molecule has 0 atom stereocenters. The van der Waals surface area contributed by atoms with E-state index in [1.165, 1.54) is 26.5 Å². The molecule has 212 valence electrons. The Morgan fingerprint density at radius 2 is 1.48 bits per heavy atom. The number of amides is 2. The number of carbonyl (C=O) groups excluding carboxylic acids is 2. The lowest BCUT2D eigenvalue weighted by Gasteiger charge is -2.23. The summed E-state index contributed by atoms with van der Waals surface area (Å²) in [7, 11) is 0.549. The molecule has 0 aliphatic heterocycles. The van der Waals surface area contributed by atoms with Crippen LogP contribution in [0.2, 0.25) is 0 Å². The molecule has 3 rings (SSSR count). The van der Waals surface area contributed by atoms with Crippen molar-refractivity contribution in [3.05, 3.63) is 72.3 Å². The third-order valence-corrected chi connectivity index (χ3v) is 6.50. The molecule has 0 radical (unpaired) electrons. The zero-order chi connectivity index (χ0) is 29.1. The summed E-state index contributed by atoms with van der Waals surface area (Å²) in [5, 5.41) is 6.62. The van der Waals surface area contributed by atoms with Crippen molar-refractivity contribution in [3.8, 4) is 23.0 Å². The van der Waals surface area contributed by atoms with Crippen LogP contribution in [0.1, 0.15) is 5.56 Å². The Morgan fingerprint density at radius 3 is 2.08 bits per heavy atom. The zero-order valence-corrected chi connectivity index (χ0v) is 23.2. The molecule has 0 saturated carbocycles. The highest BCUT2D eigenvalue weighted by atomic mass is 32.2. The number of benzene rings is 3. The molecular weight excluding hydrogens is 540 g/mol. The van der Waals surface area contributed by atoms with E-state index in [4.69, 9.17) is 18.9 Å². The molecule has 0 aromatic heterocycles. The number of carbonyl (C=O) groups is 2. The third kappa shape index (κ3) is 8.63. The average Bonchev–Trinajstić information content (AvgIpc) is 2.95. The van der Waals surface area contributed by atoms with E-state index in [0.29, 0.717) is 28.5 Å². The Bertz CT molecular complexity index is 1440. The van der Waals surface area contributed by atoms with Gasteiger partial charge in [-0.25, -0.2) is 13.8 Å². The Kier molecular flexibility index (Phi) is 10.3. The van der Waals surface area contributed by atoms with Crippen molar-refractivity contribution in [1.29, 1.82) is 0 Å². The van der Waals surface area contributed by atoms with Crippen LogP contribution in [-0.2, 0) is 19.6 Å². The SMILES string of the molecule is COc1ccc(NC(=O)COc2ccc(/C=N\NC(=O)CN(c3cc(OC)ccc3OC)S(C)(=O)=O)cc2)cc1. The van der Waals surface area contributed by atoms with E-state index in [0.717, 1.165) is 10.6 Å². The molecule has 13 heteroatoms. The van der Waals surface area contributed by atoms with Gasteiger partial charge in [0.1, 0.15) is 29.5 Å². The second-order valence-corrected chi connectivity index (χ2v) is 10.1. The van der Waals surface area contributed by atoms with Gasteiger partial charge < -0.3 is 24.3 Å². The van der Waals surface area contributed by atoms with Gasteiger partial charge in [-0.1, -0.05) is 0 Å². The van der Waals surface area contributed by atoms with Crippen LogP contribution >= 0.6 is 0 Å². The van der Waals surface area contributed by atoms with Gasteiger partial charge in [0.05, 0.1) is 39.5 Å². The summed E-state index contributed by atoms with van der Waals surface area (Å²) >= 11 is 0. The van der Waals surface area contributed by atoms with Crippen LogP contribution in [0.4, 0.5) is 11.4 Å². The van der Waals surface area contributed by atoms with Crippen LogP contribution in [0.15, 0.2) is 71.8 Å². The van der Waals surface area contributed by atoms with E-state index >= 15 is 0 Å². The Labute approximate surface area is 232 Å². The molecule has 0 aliphatic carbocycles. The normalized spacial score (nSPS) is 11.0. The summed E-state index contributed by atoms with van der Waals surface area (Å²) in [5.74, 6) is 0.795. The maximum absolute atomic E-state index is 12.5. The molecule has 0 bridgehead atoms. The fourth-order valence-electron chi connectivity index (χ4n) is 3.39. The van der Waals surface area contributed by atoms with E-state index in [1.54, 1.807) is 67.8 Å². The Balaban J connectivity index is 1.53. The maximum Gasteiger partial charge on any atom is 0.262 e. The average molecular weight is 571 g/mol. The number of hydrogen-bond donors (Lipinski definition) is 2. The van der Waals surface area contributed by atoms with E-state index in [9.17, 15) is 18.0 Å². The first-order chi connectivity index (χ1) is 19.1. The zero-order valence-electron chi connectivity index (χ0n) is 22.4. The molecule has 0 saturated heterocycles. The highest BCUT2D eigenvalue weighted by molar-refractivity contribution is 7.92. The third-order valence-electron chi connectivity index (χ3n) is 5.37. The number of ether oxygens (including phenoxy) is 4. The molecule has 2 N–H and O–H groups in total. The highest BCUT2D eigenvalue weighted by Crippen LogP contribution is 2.33. The van der Waals surface area contributed by atoms with Crippen molar-refractivity contribution in [2.75, 3.05) is 50.4 Å². The molecule has 0 spiro atoms. The van der Waals surface area contributed by atoms with Gasteiger partial charge in [0.2, 0.25) is 10.0 Å². The number of methoxy groups -OCH3 is 3. The van der Waals surface area contributed by atoms with Crippen molar-refractivity contribution < 1.29 is 37.0 Å². The number of nitrogens with one attached hydrogen (secondary N) is 2. The van der Waals surface area contributed by atoms with Gasteiger partial charge >= 0.3 is 0 Å². The fourth-order valence-corrected chi connectivity index (χ4v) is 4.24. The molecule has 0 heterocycles. The lowest BCUT2D eigenvalue weighted by molar-refractivity contribution is -0.119. The van der Waals surface area contributed by atoms with Crippen molar-refractivity contribution in [1.82, 2.24) is 5.43 Å². The van der Waals surface area contributed by atoms with E-state index in [1.807, 2.05) is 0 Å². The van der Waals surface area contributed by atoms with Gasteiger partial charge in [-0.15, -0.1) is 0 Å². The predicted molar refractivity (Wildman–Crippen MR) is 151 cm³/mol. The first-order valence-corrected chi connectivity index (χ1v) is 13.7. The summed E-state index contributed by atoms with van der Waals surface area (Å²) in [6.45, 7) is -0.727.